The first-order valence-corrected chi connectivity index (χ1v) is 9.48. The predicted molar refractivity (Wildman–Crippen MR) is 100 cm³/mol. The van der Waals surface area contributed by atoms with Crippen LogP contribution < -0.4 is 0 Å². The Morgan fingerprint density at radius 2 is 1.27 bits per heavy atom. The van der Waals surface area contributed by atoms with Gasteiger partial charge in [-0.25, -0.2) is 0 Å². The molecule has 126 valence electrons. The van der Waals surface area contributed by atoms with Crippen LogP contribution >= 0.6 is 0 Å². The number of benzene rings is 1. The van der Waals surface area contributed by atoms with Crippen molar-refractivity contribution in [3.05, 3.63) is 35.9 Å². The summed E-state index contributed by atoms with van der Waals surface area (Å²) in [6.45, 7) is 14.0. The lowest BCUT2D eigenvalue weighted by atomic mass is 9.76. The fourth-order valence-electron chi connectivity index (χ4n) is 3.35. The molecule has 0 radical (unpaired) electrons. The molecule has 2 rings (SSSR count). The standard InChI is InChI=1S/C11H22.C11H16/c2*1-9(2)10(3)11-7-5-4-6-8-11/h9-11H,4-8H2,1-3H3;4-10H,1-3H3/t2*10-/m00/s1. The van der Waals surface area contributed by atoms with Gasteiger partial charge in [0.25, 0.3) is 0 Å². The second-order valence-electron chi connectivity index (χ2n) is 7.94. The van der Waals surface area contributed by atoms with Gasteiger partial charge in [-0.1, -0.05) is 104 Å². The molecule has 1 fully saturated rings. The molecule has 0 spiro atoms. The van der Waals surface area contributed by atoms with Gasteiger partial charge in [0.1, 0.15) is 0 Å². The molecule has 0 nitrogen and oxygen atoms in total. The molecule has 0 bridgehead atoms. The minimum atomic E-state index is 0.677. The van der Waals surface area contributed by atoms with Crippen LogP contribution in [0.5, 0.6) is 0 Å². The summed E-state index contributed by atoms with van der Waals surface area (Å²) in [6, 6.07) is 10.7. The first-order chi connectivity index (χ1) is 10.4. The lowest BCUT2D eigenvalue weighted by Gasteiger charge is -2.30. The van der Waals surface area contributed by atoms with Gasteiger partial charge < -0.3 is 0 Å². The topological polar surface area (TPSA) is 0 Å². The van der Waals surface area contributed by atoms with Gasteiger partial charge in [-0.15, -0.1) is 0 Å². The molecule has 1 aliphatic rings. The van der Waals surface area contributed by atoms with E-state index in [4.69, 9.17) is 0 Å². The van der Waals surface area contributed by atoms with E-state index in [1.54, 1.807) is 0 Å². The molecule has 1 aromatic rings. The Kier molecular flexibility index (Phi) is 8.83. The van der Waals surface area contributed by atoms with Crippen LogP contribution in [0.1, 0.15) is 85.1 Å². The van der Waals surface area contributed by atoms with Crippen molar-refractivity contribution in [2.45, 2.75) is 79.6 Å². The summed E-state index contributed by atoms with van der Waals surface area (Å²) >= 11 is 0. The highest BCUT2D eigenvalue weighted by Gasteiger charge is 2.21. The van der Waals surface area contributed by atoms with Crippen LogP contribution in [0.4, 0.5) is 0 Å². The van der Waals surface area contributed by atoms with Gasteiger partial charge in [0.15, 0.2) is 0 Å². The average Bonchev–Trinajstić information content (AvgIpc) is 2.55. The zero-order valence-electron chi connectivity index (χ0n) is 15.8. The predicted octanol–water partition coefficient (Wildman–Crippen LogP) is 7.30. The maximum atomic E-state index is 2.43. The van der Waals surface area contributed by atoms with Crippen LogP contribution in [0.2, 0.25) is 0 Å². The Bertz CT molecular complexity index is 370. The molecule has 0 heteroatoms. The zero-order chi connectivity index (χ0) is 16.5. The van der Waals surface area contributed by atoms with Gasteiger partial charge in [-0.2, -0.15) is 0 Å². The Morgan fingerprint density at radius 1 is 0.727 bits per heavy atom. The summed E-state index contributed by atoms with van der Waals surface area (Å²) in [5.74, 6) is 4.30. The molecule has 0 aromatic heterocycles. The monoisotopic (exact) mass is 302 g/mol. The molecule has 2 atom stereocenters. The Balaban J connectivity index is 0.000000220. The fraction of sp³-hybridized carbons (Fsp3) is 0.727. The van der Waals surface area contributed by atoms with E-state index in [0.29, 0.717) is 5.92 Å². The third kappa shape index (κ3) is 6.55. The highest BCUT2D eigenvalue weighted by atomic mass is 14.3. The minimum Gasteiger partial charge on any atom is -0.0625 e. The molecular formula is C22H38. The summed E-state index contributed by atoms with van der Waals surface area (Å²) in [5.41, 5.74) is 1.45. The van der Waals surface area contributed by atoms with Gasteiger partial charge in [0.05, 0.1) is 0 Å². The molecule has 0 heterocycles. The van der Waals surface area contributed by atoms with E-state index in [9.17, 15) is 0 Å². The van der Waals surface area contributed by atoms with E-state index in [1.165, 1.54) is 37.7 Å². The first-order valence-electron chi connectivity index (χ1n) is 9.48. The zero-order valence-corrected chi connectivity index (χ0v) is 15.8. The van der Waals surface area contributed by atoms with Crippen LogP contribution in [-0.4, -0.2) is 0 Å². The SMILES string of the molecule is CC(C)[C@H](C)C1CCCCC1.CC(C)[C@H](C)c1ccccc1. The normalized spacial score (nSPS) is 18.7. The van der Waals surface area contributed by atoms with Crippen molar-refractivity contribution in [1.29, 1.82) is 0 Å². The van der Waals surface area contributed by atoms with Gasteiger partial charge in [-0.3, -0.25) is 0 Å². The van der Waals surface area contributed by atoms with Crippen LogP contribution in [-0.2, 0) is 0 Å². The molecular weight excluding hydrogens is 264 g/mol. The Morgan fingerprint density at radius 3 is 1.73 bits per heavy atom. The third-order valence-corrected chi connectivity index (χ3v) is 5.77. The molecule has 0 aliphatic heterocycles. The highest BCUT2D eigenvalue weighted by molar-refractivity contribution is 5.18. The second-order valence-corrected chi connectivity index (χ2v) is 7.94. The molecule has 1 saturated carbocycles. The molecule has 0 unspecified atom stereocenters. The molecule has 22 heavy (non-hydrogen) atoms. The summed E-state index contributed by atoms with van der Waals surface area (Å²) in [4.78, 5) is 0. The Hall–Kier alpha value is -0.780. The maximum absolute atomic E-state index is 2.43. The van der Waals surface area contributed by atoms with Crippen LogP contribution in [0, 0.1) is 23.7 Å². The second kappa shape index (κ2) is 10.1. The van der Waals surface area contributed by atoms with Gasteiger partial charge >= 0.3 is 0 Å². The van der Waals surface area contributed by atoms with E-state index in [0.717, 1.165) is 23.7 Å². The van der Waals surface area contributed by atoms with Gasteiger partial charge in [0, 0.05) is 0 Å². The number of rotatable bonds is 4. The third-order valence-electron chi connectivity index (χ3n) is 5.77. The van der Waals surface area contributed by atoms with Crippen molar-refractivity contribution in [1.82, 2.24) is 0 Å². The largest absolute Gasteiger partial charge is 0.0625 e. The molecule has 0 saturated heterocycles. The number of hydrogen-bond acceptors (Lipinski definition) is 0. The highest BCUT2D eigenvalue weighted by Crippen LogP contribution is 2.33. The van der Waals surface area contributed by atoms with Crippen molar-refractivity contribution in [2.24, 2.45) is 23.7 Å². The van der Waals surface area contributed by atoms with E-state index in [-0.39, 0.29) is 0 Å². The summed E-state index contributed by atoms with van der Waals surface area (Å²) in [7, 11) is 0. The summed E-state index contributed by atoms with van der Waals surface area (Å²) in [6.07, 6.45) is 7.46. The van der Waals surface area contributed by atoms with Crippen molar-refractivity contribution in [3.63, 3.8) is 0 Å². The first kappa shape index (κ1) is 19.3. The average molecular weight is 303 g/mol. The van der Waals surface area contributed by atoms with Crippen LogP contribution in [0.25, 0.3) is 0 Å². The van der Waals surface area contributed by atoms with Crippen molar-refractivity contribution < 1.29 is 0 Å². The molecule has 1 aliphatic carbocycles. The smallest absolute Gasteiger partial charge is 0.0167 e. The quantitative estimate of drug-likeness (QED) is 0.547. The van der Waals surface area contributed by atoms with Gasteiger partial charge in [-0.05, 0) is 35.2 Å². The van der Waals surface area contributed by atoms with Crippen LogP contribution in [0.3, 0.4) is 0 Å². The Labute approximate surface area is 139 Å². The molecule has 0 amide bonds. The van der Waals surface area contributed by atoms with Crippen molar-refractivity contribution in [3.8, 4) is 0 Å². The lowest BCUT2D eigenvalue weighted by Crippen LogP contribution is -2.19. The van der Waals surface area contributed by atoms with Gasteiger partial charge in [0.2, 0.25) is 0 Å². The molecule has 1 aromatic carbocycles. The minimum absolute atomic E-state index is 0.677. The van der Waals surface area contributed by atoms with Crippen molar-refractivity contribution >= 4 is 0 Å². The van der Waals surface area contributed by atoms with E-state index in [1.807, 2.05) is 0 Å². The summed E-state index contributed by atoms with van der Waals surface area (Å²) < 4.78 is 0. The summed E-state index contributed by atoms with van der Waals surface area (Å²) in [5, 5.41) is 0. The fourth-order valence-corrected chi connectivity index (χ4v) is 3.35. The van der Waals surface area contributed by atoms with Crippen LogP contribution in [0.15, 0.2) is 30.3 Å². The van der Waals surface area contributed by atoms with E-state index < -0.39 is 0 Å². The number of hydrogen-bond donors (Lipinski definition) is 0. The maximum Gasteiger partial charge on any atom is -0.0167 e. The van der Waals surface area contributed by atoms with Crippen molar-refractivity contribution in [2.75, 3.05) is 0 Å². The lowest BCUT2D eigenvalue weighted by molar-refractivity contribution is 0.213. The van der Waals surface area contributed by atoms with E-state index in [2.05, 4.69) is 71.9 Å². The molecule has 0 N–H and O–H groups in total. The van der Waals surface area contributed by atoms with E-state index >= 15 is 0 Å².